The van der Waals surface area contributed by atoms with Crippen LogP contribution in [0.5, 0.6) is 0 Å². The highest BCUT2D eigenvalue weighted by Crippen LogP contribution is 2.18. The van der Waals surface area contributed by atoms with Gasteiger partial charge in [-0.15, -0.1) is 0 Å². The Labute approximate surface area is 161 Å². The van der Waals surface area contributed by atoms with Crippen molar-refractivity contribution < 1.29 is 4.79 Å². The molecule has 1 fully saturated rings. The Balaban J connectivity index is 1.61. The Morgan fingerprint density at radius 2 is 2.00 bits per heavy atom. The fraction of sp³-hybridized carbons (Fsp3) is 0.550. The largest absolute Gasteiger partial charge is 0.370 e. The standard InChI is InChI=1S/C20H30N6O/c1-4-5-11-26-19(15-17(3)23-26)22-20(27)25-10-6-9-24(12-13-25)18-7-8-21-16(2)14-18/h7-8,14-15H,4-6,9-13H2,1-3H3,(H,22,27). The molecule has 0 aliphatic carbocycles. The lowest BCUT2D eigenvalue weighted by Crippen LogP contribution is -2.38. The zero-order chi connectivity index (χ0) is 19.2. The minimum Gasteiger partial charge on any atom is -0.370 e. The highest BCUT2D eigenvalue weighted by atomic mass is 16.2. The average Bonchev–Trinajstić information content (AvgIpc) is 2.85. The van der Waals surface area contributed by atoms with Crippen molar-refractivity contribution in [3.05, 3.63) is 35.8 Å². The van der Waals surface area contributed by atoms with E-state index in [4.69, 9.17) is 0 Å². The molecule has 3 rings (SSSR count). The van der Waals surface area contributed by atoms with Crippen LogP contribution in [0.3, 0.4) is 0 Å². The van der Waals surface area contributed by atoms with Crippen LogP contribution in [-0.2, 0) is 6.54 Å². The molecule has 0 unspecified atom stereocenters. The summed E-state index contributed by atoms with van der Waals surface area (Å²) >= 11 is 0. The van der Waals surface area contributed by atoms with Gasteiger partial charge < -0.3 is 9.80 Å². The van der Waals surface area contributed by atoms with Gasteiger partial charge in [0.15, 0.2) is 0 Å². The van der Waals surface area contributed by atoms with E-state index in [1.165, 1.54) is 5.69 Å². The number of nitrogens with zero attached hydrogens (tertiary/aromatic N) is 5. The van der Waals surface area contributed by atoms with Gasteiger partial charge in [-0.3, -0.25) is 10.3 Å². The summed E-state index contributed by atoms with van der Waals surface area (Å²) in [5, 5.41) is 7.55. The molecule has 0 atom stereocenters. The van der Waals surface area contributed by atoms with Crippen molar-refractivity contribution in [3.8, 4) is 0 Å². The van der Waals surface area contributed by atoms with E-state index in [0.717, 1.165) is 62.6 Å². The van der Waals surface area contributed by atoms with Crippen molar-refractivity contribution in [2.24, 2.45) is 0 Å². The van der Waals surface area contributed by atoms with Gasteiger partial charge in [0, 0.05) is 56.4 Å². The number of carbonyl (C=O) groups excluding carboxylic acids is 1. The smallest absolute Gasteiger partial charge is 0.323 e. The van der Waals surface area contributed by atoms with Crippen LogP contribution in [0.2, 0.25) is 0 Å². The number of urea groups is 1. The lowest BCUT2D eigenvalue weighted by atomic mass is 10.3. The van der Waals surface area contributed by atoms with E-state index in [1.807, 2.05) is 41.8 Å². The molecule has 3 heterocycles. The van der Waals surface area contributed by atoms with E-state index < -0.39 is 0 Å². The van der Waals surface area contributed by atoms with Crippen LogP contribution < -0.4 is 10.2 Å². The number of hydrogen-bond acceptors (Lipinski definition) is 4. The van der Waals surface area contributed by atoms with E-state index in [0.29, 0.717) is 6.54 Å². The number of carbonyl (C=O) groups is 1. The lowest BCUT2D eigenvalue weighted by molar-refractivity contribution is 0.215. The first-order valence-corrected chi connectivity index (χ1v) is 9.85. The molecule has 7 nitrogen and oxygen atoms in total. The topological polar surface area (TPSA) is 66.3 Å². The summed E-state index contributed by atoms with van der Waals surface area (Å²) in [6.45, 7) is 10.2. The highest BCUT2D eigenvalue weighted by molar-refractivity contribution is 5.88. The third kappa shape index (κ3) is 4.99. The Kier molecular flexibility index (Phi) is 6.32. The zero-order valence-electron chi connectivity index (χ0n) is 16.6. The molecule has 1 N–H and O–H groups in total. The molecule has 0 aromatic carbocycles. The molecule has 0 bridgehead atoms. The van der Waals surface area contributed by atoms with Gasteiger partial charge >= 0.3 is 6.03 Å². The molecule has 2 aromatic rings. The Morgan fingerprint density at radius 3 is 2.78 bits per heavy atom. The number of amides is 2. The summed E-state index contributed by atoms with van der Waals surface area (Å²) < 4.78 is 1.90. The fourth-order valence-electron chi connectivity index (χ4n) is 3.42. The minimum absolute atomic E-state index is 0.0413. The monoisotopic (exact) mass is 370 g/mol. The van der Waals surface area contributed by atoms with Gasteiger partial charge in [-0.05, 0) is 38.8 Å². The maximum atomic E-state index is 12.8. The Bertz CT molecular complexity index is 772. The number of hydrogen-bond donors (Lipinski definition) is 1. The number of rotatable bonds is 5. The van der Waals surface area contributed by atoms with Crippen molar-refractivity contribution in [1.29, 1.82) is 0 Å². The molecular weight excluding hydrogens is 340 g/mol. The molecule has 0 spiro atoms. The van der Waals surface area contributed by atoms with Crippen LogP contribution >= 0.6 is 0 Å². The number of unbranched alkanes of at least 4 members (excludes halogenated alkanes) is 1. The van der Waals surface area contributed by atoms with Crippen LogP contribution in [0, 0.1) is 13.8 Å². The van der Waals surface area contributed by atoms with Crippen molar-refractivity contribution >= 4 is 17.5 Å². The summed E-state index contributed by atoms with van der Waals surface area (Å²) in [6.07, 6.45) is 4.94. The summed E-state index contributed by atoms with van der Waals surface area (Å²) in [6, 6.07) is 6.04. The van der Waals surface area contributed by atoms with Crippen molar-refractivity contribution in [3.63, 3.8) is 0 Å². The molecule has 2 aromatic heterocycles. The molecular formula is C20H30N6O. The van der Waals surface area contributed by atoms with E-state index in [1.54, 1.807) is 0 Å². The van der Waals surface area contributed by atoms with Gasteiger partial charge in [0.25, 0.3) is 0 Å². The molecule has 0 saturated carbocycles. The Morgan fingerprint density at radius 1 is 1.15 bits per heavy atom. The Hall–Kier alpha value is -2.57. The first-order valence-electron chi connectivity index (χ1n) is 9.85. The second-order valence-corrected chi connectivity index (χ2v) is 7.16. The van der Waals surface area contributed by atoms with Crippen LogP contribution in [0.4, 0.5) is 16.3 Å². The van der Waals surface area contributed by atoms with Crippen LogP contribution in [0.15, 0.2) is 24.4 Å². The number of pyridine rings is 1. The molecule has 0 radical (unpaired) electrons. The van der Waals surface area contributed by atoms with Gasteiger partial charge in [0.1, 0.15) is 5.82 Å². The van der Waals surface area contributed by atoms with Crippen LogP contribution in [0.25, 0.3) is 0 Å². The molecule has 7 heteroatoms. The maximum absolute atomic E-state index is 12.8. The SMILES string of the molecule is CCCCn1nc(C)cc1NC(=O)N1CCCN(c2ccnc(C)c2)CC1. The third-order valence-electron chi connectivity index (χ3n) is 4.89. The van der Waals surface area contributed by atoms with Gasteiger partial charge in [-0.2, -0.15) is 5.10 Å². The number of aromatic nitrogens is 3. The molecule has 146 valence electrons. The second kappa shape index (κ2) is 8.88. The van der Waals surface area contributed by atoms with Gasteiger partial charge in [-0.1, -0.05) is 13.3 Å². The number of anilines is 2. The zero-order valence-corrected chi connectivity index (χ0v) is 16.6. The van der Waals surface area contributed by atoms with Crippen LogP contribution in [-0.4, -0.2) is 51.9 Å². The summed E-state index contributed by atoms with van der Waals surface area (Å²) in [7, 11) is 0. The minimum atomic E-state index is -0.0413. The van der Waals surface area contributed by atoms with E-state index in [9.17, 15) is 4.79 Å². The third-order valence-corrected chi connectivity index (χ3v) is 4.89. The molecule has 1 aliphatic heterocycles. The fourth-order valence-corrected chi connectivity index (χ4v) is 3.42. The van der Waals surface area contributed by atoms with E-state index in [2.05, 4.69) is 33.3 Å². The van der Waals surface area contributed by atoms with Crippen molar-refractivity contribution in [2.45, 2.75) is 46.6 Å². The van der Waals surface area contributed by atoms with E-state index in [-0.39, 0.29) is 6.03 Å². The number of nitrogens with one attached hydrogen (secondary N) is 1. The quantitative estimate of drug-likeness (QED) is 0.875. The normalized spacial score (nSPS) is 14.9. The lowest BCUT2D eigenvalue weighted by Gasteiger charge is -2.24. The van der Waals surface area contributed by atoms with Gasteiger partial charge in [0.05, 0.1) is 5.69 Å². The molecule has 2 amide bonds. The summed E-state index contributed by atoms with van der Waals surface area (Å²) in [5.41, 5.74) is 3.12. The summed E-state index contributed by atoms with van der Waals surface area (Å²) in [5.74, 6) is 0.789. The van der Waals surface area contributed by atoms with E-state index >= 15 is 0 Å². The first-order chi connectivity index (χ1) is 13.1. The second-order valence-electron chi connectivity index (χ2n) is 7.16. The average molecular weight is 371 g/mol. The number of aryl methyl sites for hydroxylation is 3. The molecule has 27 heavy (non-hydrogen) atoms. The summed E-state index contributed by atoms with van der Waals surface area (Å²) in [4.78, 5) is 21.3. The molecule has 1 saturated heterocycles. The van der Waals surface area contributed by atoms with Crippen molar-refractivity contribution in [1.82, 2.24) is 19.7 Å². The van der Waals surface area contributed by atoms with Gasteiger partial charge in [-0.25, -0.2) is 9.48 Å². The highest BCUT2D eigenvalue weighted by Gasteiger charge is 2.20. The van der Waals surface area contributed by atoms with Gasteiger partial charge in [0.2, 0.25) is 0 Å². The predicted molar refractivity (Wildman–Crippen MR) is 108 cm³/mol. The molecule has 1 aliphatic rings. The van der Waals surface area contributed by atoms with Crippen molar-refractivity contribution in [2.75, 3.05) is 36.4 Å². The van der Waals surface area contributed by atoms with Crippen LogP contribution in [0.1, 0.15) is 37.6 Å². The maximum Gasteiger partial charge on any atom is 0.323 e. The first kappa shape index (κ1) is 19.2. The predicted octanol–water partition coefficient (Wildman–Crippen LogP) is 3.44.